The molecule has 2 saturated heterocycles. The number of anilines is 1. The second kappa shape index (κ2) is 11.3. The summed E-state index contributed by atoms with van der Waals surface area (Å²) in [6.07, 6.45) is 3.80. The van der Waals surface area contributed by atoms with Gasteiger partial charge in [-0.15, -0.1) is 19.7 Å². The first-order valence-corrected chi connectivity index (χ1v) is 11.2. The number of hydrogen-bond acceptors (Lipinski definition) is 6. The van der Waals surface area contributed by atoms with E-state index in [9.17, 15) is 19.2 Å². The van der Waals surface area contributed by atoms with Crippen LogP contribution in [-0.2, 0) is 9.53 Å². The molecule has 2 aliphatic rings. The van der Waals surface area contributed by atoms with E-state index in [1.54, 1.807) is 29.2 Å². The smallest absolute Gasteiger partial charge is 0.411 e. The van der Waals surface area contributed by atoms with Crippen LogP contribution in [0.2, 0.25) is 0 Å². The topological polar surface area (TPSA) is 115 Å². The average molecular weight is 483 g/mol. The lowest BCUT2D eigenvalue weighted by atomic mass is 10.2. The van der Waals surface area contributed by atoms with Crippen molar-refractivity contribution in [1.29, 1.82) is 0 Å². The second-order valence-corrected chi connectivity index (χ2v) is 7.76. The Bertz CT molecular complexity index is 999. The Labute approximate surface area is 204 Å². The van der Waals surface area contributed by atoms with Crippen LogP contribution >= 0.6 is 0 Å². The van der Waals surface area contributed by atoms with Gasteiger partial charge in [-0.3, -0.25) is 24.8 Å². The van der Waals surface area contributed by atoms with Crippen LogP contribution < -0.4 is 10.6 Å². The normalized spacial score (nSPS) is 19.7. The Morgan fingerprint density at radius 1 is 1.03 bits per heavy atom. The van der Waals surface area contributed by atoms with Crippen molar-refractivity contribution in [2.75, 3.05) is 51.2 Å². The highest BCUT2D eigenvalue weighted by atomic mass is 16.5. The van der Waals surface area contributed by atoms with Crippen molar-refractivity contribution in [3.63, 3.8) is 0 Å². The summed E-state index contributed by atoms with van der Waals surface area (Å²) in [6, 6.07) is 7.74. The molecule has 1 atom stereocenters. The van der Waals surface area contributed by atoms with E-state index < -0.39 is 29.8 Å². The molecule has 0 aliphatic carbocycles. The van der Waals surface area contributed by atoms with Gasteiger partial charge in [0.2, 0.25) is 0 Å². The molecule has 2 aliphatic heterocycles. The Morgan fingerprint density at radius 3 is 2.40 bits per heavy atom. The molecule has 35 heavy (non-hydrogen) atoms. The fourth-order valence-electron chi connectivity index (χ4n) is 4.25. The number of amides is 6. The minimum Gasteiger partial charge on any atom is -0.448 e. The van der Waals surface area contributed by atoms with Gasteiger partial charge in [-0.1, -0.05) is 36.4 Å². The van der Waals surface area contributed by atoms with Crippen LogP contribution in [0.5, 0.6) is 0 Å². The number of carbonyl (C=O) groups excluding carboxylic acids is 4. The molecule has 1 aromatic rings. The van der Waals surface area contributed by atoms with Gasteiger partial charge in [0.25, 0.3) is 11.7 Å². The largest absolute Gasteiger partial charge is 0.448 e. The lowest BCUT2D eigenvalue weighted by Gasteiger charge is -2.43. The van der Waals surface area contributed by atoms with Gasteiger partial charge in [0.05, 0.1) is 0 Å². The van der Waals surface area contributed by atoms with Crippen LogP contribution in [0.25, 0.3) is 0 Å². The van der Waals surface area contributed by atoms with E-state index in [2.05, 4.69) is 30.4 Å². The Kier molecular flexibility index (Phi) is 8.26. The Balaban J connectivity index is 1.84. The fraction of sp³-hybridized carbons (Fsp3) is 0.333. The number of para-hydroxylation sites is 1. The van der Waals surface area contributed by atoms with E-state index >= 15 is 0 Å². The molecule has 0 radical (unpaired) electrons. The standard InChI is InChI=1S/C24H30N6O5/c1-4-12-25-21(32)29-16-15-27(17-18-35-22(33)26-19-10-8-7-9-11-19)24(29)20(31)28(13-5-2)23(34)30(24)14-6-3/h4-11H,1-3,12-18H2,(H,25,32)(H,26,33). The molecule has 3 rings (SSSR count). The lowest BCUT2D eigenvalue weighted by Crippen LogP contribution is -2.69. The minimum atomic E-state index is -1.72. The summed E-state index contributed by atoms with van der Waals surface area (Å²) in [7, 11) is 0. The first-order chi connectivity index (χ1) is 16.9. The van der Waals surface area contributed by atoms with Gasteiger partial charge in [0, 0.05) is 45.0 Å². The van der Waals surface area contributed by atoms with E-state index in [0.29, 0.717) is 5.69 Å². The maximum Gasteiger partial charge on any atom is 0.411 e. The predicted molar refractivity (Wildman–Crippen MR) is 130 cm³/mol. The molecule has 11 nitrogen and oxygen atoms in total. The summed E-state index contributed by atoms with van der Waals surface area (Å²) in [5.41, 5.74) is 0.578. The van der Waals surface area contributed by atoms with Crippen LogP contribution in [0.3, 0.4) is 0 Å². The average Bonchev–Trinajstić information content (AvgIpc) is 3.32. The van der Waals surface area contributed by atoms with E-state index in [1.165, 1.54) is 28.0 Å². The molecular formula is C24H30N6O5. The van der Waals surface area contributed by atoms with Crippen molar-refractivity contribution in [1.82, 2.24) is 24.9 Å². The summed E-state index contributed by atoms with van der Waals surface area (Å²) in [4.78, 5) is 57.5. The van der Waals surface area contributed by atoms with Crippen molar-refractivity contribution < 1.29 is 23.9 Å². The first-order valence-electron chi connectivity index (χ1n) is 11.2. The molecular weight excluding hydrogens is 452 g/mol. The van der Waals surface area contributed by atoms with Gasteiger partial charge >= 0.3 is 18.2 Å². The summed E-state index contributed by atoms with van der Waals surface area (Å²) < 4.78 is 5.31. The molecule has 0 aromatic heterocycles. The van der Waals surface area contributed by atoms with Crippen molar-refractivity contribution in [2.24, 2.45) is 0 Å². The number of nitrogens with zero attached hydrogens (tertiary/aromatic N) is 4. The summed E-state index contributed by atoms with van der Waals surface area (Å²) in [6.45, 7) is 11.6. The second-order valence-electron chi connectivity index (χ2n) is 7.76. The molecule has 6 amide bonds. The SMILES string of the molecule is C=CCNC(=O)N1CCN(CCOC(=O)Nc2ccccc2)C12C(=O)N(CC=C)C(=O)N2CC=C. The number of benzene rings is 1. The Morgan fingerprint density at radius 2 is 1.74 bits per heavy atom. The number of nitrogens with one attached hydrogen (secondary N) is 2. The van der Waals surface area contributed by atoms with Crippen molar-refractivity contribution >= 4 is 29.8 Å². The maximum absolute atomic E-state index is 13.7. The summed E-state index contributed by atoms with van der Waals surface area (Å²) in [5.74, 6) is -2.30. The highest BCUT2D eigenvalue weighted by Gasteiger charge is 2.67. The van der Waals surface area contributed by atoms with Gasteiger partial charge < -0.3 is 10.1 Å². The van der Waals surface area contributed by atoms with Gasteiger partial charge in [-0.2, -0.15) is 0 Å². The quantitative estimate of drug-likeness (QED) is 0.390. The van der Waals surface area contributed by atoms with Gasteiger partial charge in [-0.05, 0) is 12.1 Å². The molecule has 2 N–H and O–H groups in total. The Hall–Kier alpha value is -4.12. The van der Waals surface area contributed by atoms with Crippen LogP contribution in [0.4, 0.5) is 20.1 Å². The number of hydrogen-bond donors (Lipinski definition) is 2. The van der Waals surface area contributed by atoms with Gasteiger partial charge in [0.15, 0.2) is 0 Å². The number of carbonyl (C=O) groups is 4. The third-order valence-corrected chi connectivity index (χ3v) is 5.66. The molecule has 2 heterocycles. The van der Waals surface area contributed by atoms with E-state index in [0.717, 1.165) is 4.90 Å². The van der Waals surface area contributed by atoms with Crippen molar-refractivity contribution in [3.8, 4) is 0 Å². The summed E-state index contributed by atoms with van der Waals surface area (Å²) >= 11 is 0. The zero-order valence-electron chi connectivity index (χ0n) is 19.5. The first kappa shape index (κ1) is 25.5. The van der Waals surface area contributed by atoms with Gasteiger partial charge in [0.1, 0.15) is 6.61 Å². The number of imide groups is 1. The van der Waals surface area contributed by atoms with E-state index in [-0.39, 0.29) is 45.9 Å². The zero-order valence-corrected chi connectivity index (χ0v) is 19.5. The molecule has 0 bridgehead atoms. The predicted octanol–water partition coefficient (Wildman–Crippen LogP) is 2.04. The molecule has 1 unspecified atom stereocenters. The monoisotopic (exact) mass is 482 g/mol. The summed E-state index contributed by atoms with van der Waals surface area (Å²) in [5, 5.41) is 5.30. The third kappa shape index (κ3) is 4.90. The minimum absolute atomic E-state index is 0.0149. The molecule has 1 spiro atoms. The fourth-order valence-corrected chi connectivity index (χ4v) is 4.25. The van der Waals surface area contributed by atoms with E-state index in [4.69, 9.17) is 4.74 Å². The van der Waals surface area contributed by atoms with E-state index in [1.807, 2.05) is 6.07 Å². The van der Waals surface area contributed by atoms with Crippen LogP contribution in [0.15, 0.2) is 68.3 Å². The molecule has 2 fully saturated rings. The third-order valence-electron chi connectivity index (χ3n) is 5.66. The molecule has 186 valence electrons. The number of urea groups is 2. The molecule has 11 heteroatoms. The van der Waals surface area contributed by atoms with Crippen LogP contribution in [0, 0.1) is 0 Å². The van der Waals surface area contributed by atoms with Crippen molar-refractivity contribution in [2.45, 2.75) is 5.79 Å². The lowest BCUT2D eigenvalue weighted by molar-refractivity contribution is -0.151. The highest BCUT2D eigenvalue weighted by molar-refractivity contribution is 6.08. The maximum atomic E-state index is 13.7. The van der Waals surface area contributed by atoms with Crippen LogP contribution in [-0.4, -0.2) is 95.3 Å². The molecule has 0 saturated carbocycles. The van der Waals surface area contributed by atoms with Crippen LogP contribution in [0.1, 0.15) is 0 Å². The van der Waals surface area contributed by atoms with Gasteiger partial charge in [-0.25, -0.2) is 19.3 Å². The number of ether oxygens (including phenoxy) is 1. The molecule has 1 aromatic carbocycles. The number of rotatable bonds is 10. The highest BCUT2D eigenvalue weighted by Crippen LogP contribution is 2.38. The van der Waals surface area contributed by atoms with Crippen molar-refractivity contribution in [3.05, 3.63) is 68.3 Å². The zero-order chi connectivity index (χ0) is 25.4.